The molecule has 0 amide bonds. The van der Waals surface area contributed by atoms with Gasteiger partial charge < -0.3 is 5.32 Å². The van der Waals surface area contributed by atoms with Gasteiger partial charge in [0.05, 0.1) is 11.6 Å². The lowest BCUT2D eigenvalue weighted by atomic mass is 9.82. The molecule has 6 rings (SSSR count). The Balaban J connectivity index is 1.44. The van der Waals surface area contributed by atoms with Crippen LogP contribution in [0.15, 0.2) is 53.8 Å². The maximum atomic E-state index is 12.6. The number of benzene rings is 2. The molecule has 2 unspecified atom stereocenters. The SMILES string of the molecule is Cn1ncnc1C1C2=NCC(=O)c3cccc(c32)CNC1c1ccc(CN2CCC2)cc1. The molecule has 1 saturated heterocycles. The molecule has 0 bridgehead atoms. The van der Waals surface area contributed by atoms with E-state index in [1.807, 2.05) is 23.9 Å². The summed E-state index contributed by atoms with van der Waals surface area (Å²) in [5.41, 5.74) is 6.32. The van der Waals surface area contributed by atoms with Crippen molar-refractivity contribution in [1.82, 2.24) is 25.0 Å². The third kappa shape index (κ3) is 3.20. The highest BCUT2D eigenvalue weighted by Gasteiger charge is 2.39. The van der Waals surface area contributed by atoms with Crippen molar-refractivity contribution in [3.63, 3.8) is 0 Å². The number of hydrogen-bond acceptors (Lipinski definition) is 6. The lowest BCUT2D eigenvalue weighted by molar-refractivity contribution is 0.1000. The van der Waals surface area contributed by atoms with Crippen LogP contribution < -0.4 is 5.32 Å². The molecule has 0 radical (unpaired) electrons. The molecule has 1 fully saturated rings. The van der Waals surface area contributed by atoms with E-state index in [9.17, 15) is 4.79 Å². The van der Waals surface area contributed by atoms with Crippen LogP contribution in [0.25, 0.3) is 0 Å². The van der Waals surface area contributed by atoms with E-state index >= 15 is 0 Å². The van der Waals surface area contributed by atoms with E-state index in [2.05, 4.69) is 50.6 Å². The van der Waals surface area contributed by atoms with Gasteiger partial charge in [0.2, 0.25) is 0 Å². The second kappa shape index (κ2) is 7.76. The molecule has 3 aliphatic rings. The lowest BCUT2D eigenvalue weighted by Crippen LogP contribution is -2.36. The summed E-state index contributed by atoms with van der Waals surface area (Å²) in [6, 6.07) is 14.9. The van der Waals surface area contributed by atoms with Crippen LogP contribution in [0.4, 0.5) is 0 Å². The molecule has 2 aromatic carbocycles. The average molecular weight is 427 g/mol. The van der Waals surface area contributed by atoms with Gasteiger partial charge in [0, 0.05) is 37.3 Å². The van der Waals surface area contributed by atoms with Crippen molar-refractivity contribution in [3.8, 4) is 0 Å². The van der Waals surface area contributed by atoms with Gasteiger partial charge in [-0.3, -0.25) is 19.4 Å². The van der Waals surface area contributed by atoms with Crippen molar-refractivity contribution < 1.29 is 4.79 Å². The highest BCUT2D eigenvalue weighted by atomic mass is 16.1. The summed E-state index contributed by atoms with van der Waals surface area (Å²) in [4.78, 5) is 24.5. The van der Waals surface area contributed by atoms with E-state index < -0.39 is 0 Å². The number of aryl methyl sites for hydroxylation is 1. The number of likely N-dealkylation sites (tertiary alicyclic amines) is 1. The Labute approximate surface area is 187 Å². The molecule has 1 aromatic heterocycles. The molecule has 7 heteroatoms. The molecule has 0 spiro atoms. The number of nitrogens with zero attached hydrogens (tertiary/aromatic N) is 5. The Morgan fingerprint density at radius 3 is 2.69 bits per heavy atom. The Kier molecular flexibility index (Phi) is 4.73. The fraction of sp³-hybridized carbons (Fsp3) is 0.360. The third-order valence-corrected chi connectivity index (χ3v) is 6.96. The first-order valence-corrected chi connectivity index (χ1v) is 11.3. The first-order chi connectivity index (χ1) is 15.7. The molecule has 162 valence electrons. The van der Waals surface area contributed by atoms with Crippen molar-refractivity contribution in [2.24, 2.45) is 12.0 Å². The van der Waals surface area contributed by atoms with Crippen LogP contribution in [0.2, 0.25) is 0 Å². The van der Waals surface area contributed by atoms with Crippen LogP contribution in [0.1, 0.15) is 56.8 Å². The zero-order valence-corrected chi connectivity index (χ0v) is 18.2. The van der Waals surface area contributed by atoms with Crippen LogP contribution in [0.5, 0.6) is 0 Å². The maximum absolute atomic E-state index is 12.6. The van der Waals surface area contributed by atoms with Gasteiger partial charge in [-0.1, -0.05) is 42.5 Å². The largest absolute Gasteiger partial charge is 0.305 e. The number of aromatic nitrogens is 3. The van der Waals surface area contributed by atoms with Crippen LogP contribution >= 0.6 is 0 Å². The topological polar surface area (TPSA) is 75.4 Å². The van der Waals surface area contributed by atoms with Gasteiger partial charge in [-0.25, -0.2) is 4.98 Å². The quantitative estimate of drug-likeness (QED) is 0.694. The zero-order chi connectivity index (χ0) is 21.7. The molecule has 4 heterocycles. The first-order valence-electron chi connectivity index (χ1n) is 11.3. The predicted molar refractivity (Wildman–Crippen MR) is 122 cm³/mol. The van der Waals surface area contributed by atoms with Gasteiger partial charge in [-0.15, -0.1) is 0 Å². The van der Waals surface area contributed by atoms with Crippen molar-refractivity contribution >= 4 is 11.5 Å². The normalized spacial score (nSPS) is 22.7. The Morgan fingerprint density at radius 2 is 1.97 bits per heavy atom. The van der Waals surface area contributed by atoms with E-state index in [1.54, 1.807) is 6.33 Å². The van der Waals surface area contributed by atoms with Gasteiger partial charge in [0.1, 0.15) is 18.7 Å². The molecule has 0 aliphatic carbocycles. The molecular formula is C25H26N6O. The van der Waals surface area contributed by atoms with E-state index in [0.717, 1.165) is 34.8 Å². The Morgan fingerprint density at radius 1 is 1.12 bits per heavy atom. The van der Waals surface area contributed by atoms with Gasteiger partial charge in [-0.2, -0.15) is 5.10 Å². The highest BCUT2D eigenvalue weighted by molar-refractivity contribution is 6.18. The summed E-state index contributed by atoms with van der Waals surface area (Å²) in [7, 11) is 1.92. The van der Waals surface area contributed by atoms with E-state index in [0.29, 0.717) is 6.54 Å². The first kappa shape index (κ1) is 19.5. The van der Waals surface area contributed by atoms with Gasteiger partial charge in [0.25, 0.3) is 0 Å². The minimum atomic E-state index is -0.140. The van der Waals surface area contributed by atoms with Crippen molar-refractivity contribution in [2.45, 2.75) is 31.5 Å². The third-order valence-electron chi connectivity index (χ3n) is 6.96. The van der Waals surface area contributed by atoms with Crippen molar-refractivity contribution in [2.75, 3.05) is 19.6 Å². The number of aliphatic imine (C=N–C) groups is 1. The molecule has 7 nitrogen and oxygen atoms in total. The fourth-order valence-corrected chi connectivity index (χ4v) is 5.15. The molecule has 2 atom stereocenters. The lowest BCUT2D eigenvalue weighted by Gasteiger charge is -2.31. The summed E-state index contributed by atoms with van der Waals surface area (Å²) in [5, 5.41) is 8.10. The highest BCUT2D eigenvalue weighted by Crippen LogP contribution is 2.39. The molecule has 3 aliphatic heterocycles. The van der Waals surface area contributed by atoms with Crippen LogP contribution in [0.3, 0.4) is 0 Å². The second-order valence-electron chi connectivity index (χ2n) is 8.91. The van der Waals surface area contributed by atoms with Crippen LogP contribution in [0, 0.1) is 0 Å². The number of rotatable bonds is 4. The summed E-state index contributed by atoms with van der Waals surface area (Å²) < 4.78 is 1.82. The minimum absolute atomic E-state index is 0.0249. The fourth-order valence-electron chi connectivity index (χ4n) is 5.15. The van der Waals surface area contributed by atoms with E-state index in [-0.39, 0.29) is 24.3 Å². The monoisotopic (exact) mass is 426 g/mol. The molecule has 3 aromatic rings. The molecular weight excluding hydrogens is 400 g/mol. The molecule has 0 saturated carbocycles. The van der Waals surface area contributed by atoms with Gasteiger partial charge in [0.15, 0.2) is 5.78 Å². The second-order valence-corrected chi connectivity index (χ2v) is 8.91. The van der Waals surface area contributed by atoms with Crippen LogP contribution in [-0.2, 0) is 20.1 Å². The number of Topliss-reactive ketones (excluding diaryl/α,β-unsaturated/α-hetero) is 1. The molecule has 1 N–H and O–H groups in total. The number of hydrogen-bond donors (Lipinski definition) is 1. The Hall–Kier alpha value is -3.16. The average Bonchev–Trinajstić information content (AvgIpc) is 3.13. The summed E-state index contributed by atoms with van der Waals surface area (Å²) in [6.07, 6.45) is 2.89. The number of nitrogens with one attached hydrogen (secondary N) is 1. The summed E-state index contributed by atoms with van der Waals surface area (Å²) >= 11 is 0. The zero-order valence-electron chi connectivity index (χ0n) is 18.2. The van der Waals surface area contributed by atoms with E-state index in [1.165, 1.54) is 30.6 Å². The summed E-state index contributed by atoms with van der Waals surface area (Å²) in [5.74, 6) is 0.790. The maximum Gasteiger partial charge on any atom is 0.184 e. The van der Waals surface area contributed by atoms with Crippen molar-refractivity contribution in [1.29, 1.82) is 0 Å². The van der Waals surface area contributed by atoms with Crippen molar-refractivity contribution in [3.05, 3.63) is 82.4 Å². The standard InChI is InChI=1S/C25H26N6O/c1-30-25(28-15-29-30)22-23(17-8-6-16(7-9-17)14-31-10-3-11-31)26-12-18-4-2-5-19-20(32)13-27-24(22)21(18)19/h2,4-9,15,22-23,26H,3,10-14H2,1H3. The summed E-state index contributed by atoms with van der Waals surface area (Å²) in [6.45, 7) is 4.25. The molecule has 32 heavy (non-hydrogen) atoms. The van der Waals surface area contributed by atoms with Gasteiger partial charge in [-0.05, 0) is 36.2 Å². The van der Waals surface area contributed by atoms with Crippen LogP contribution in [-0.4, -0.2) is 50.8 Å². The predicted octanol–water partition coefficient (Wildman–Crippen LogP) is 2.63. The van der Waals surface area contributed by atoms with E-state index in [4.69, 9.17) is 4.99 Å². The number of carbonyl (C=O) groups excluding carboxylic acids is 1. The number of carbonyl (C=O) groups is 1. The van der Waals surface area contributed by atoms with Gasteiger partial charge >= 0.3 is 0 Å². The minimum Gasteiger partial charge on any atom is -0.305 e. The number of ketones is 1. The Bertz CT molecular complexity index is 1210. The smallest absolute Gasteiger partial charge is 0.184 e.